The van der Waals surface area contributed by atoms with E-state index in [1.165, 1.54) is 7.05 Å². The Morgan fingerprint density at radius 1 is 1.32 bits per heavy atom. The lowest BCUT2D eigenvalue weighted by molar-refractivity contribution is -0.138. The number of benzene rings is 1. The van der Waals surface area contributed by atoms with Crippen LogP contribution in [0.1, 0.15) is 33.3 Å². The molecule has 1 aromatic carbocycles. The first-order valence-electron chi connectivity index (χ1n) is 10.4. The minimum absolute atomic E-state index is 0.0295. The van der Waals surface area contributed by atoms with Crippen LogP contribution < -0.4 is 14.9 Å². The Bertz CT molecular complexity index is 882. The van der Waals surface area contributed by atoms with E-state index in [1.54, 1.807) is 23.1 Å². The number of anilines is 1. The van der Waals surface area contributed by atoms with Gasteiger partial charge < -0.3 is 15.0 Å². The molecule has 2 aliphatic rings. The van der Waals surface area contributed by atoms with Crippen LogP contribution in [0.3, 0.4) is 0 Å². The number of sulfonamides is 1. The standard InChI is InChI=1S/C16H24N4O3S.C5H10O2/c1-12-10-19(8-6-18-12)11-16(21)20-7-5-13-3-4-14(9-15(13)20)24(22,23)17-2;1-5(2,3)7-4-6/h3-4,9,12,17-18H,5-8,10-11H2,1-2H3;4H,1-3H3/t12-;/m1./s1. The molecule has 10 heteroatoms. The lowest BCUT2D eigenvalue weighted by Gasteiger charge is -2.32. The Morgan fingerprint density at radius 2 is 2.03 bits per heavy atom. The summed E-state index contributed by atoms with van der Waals surface area (Å²) in [5.41, 5.74) is 1.42. The third-order valence-electron chi connectivity index (χ3n) is 5.05. The molecule has 0 radical (unpaired) electrons. The highest BCUT2D eigenvalue weighted by Gasteiger charge is 2.28. The van der Waals surface area contributed by atoms with E-state index in [2.05, 4.69) is 26.6 Å². The highest BCUT2D eigenvalue weighted by Crippen LogP contribution is 2.30. The third kappa shape index (κ3) is 7.27. The van der Waals surface area contributed by atoms with Crippen molar-refractivity contribution in [3.63, 3.8) is 0 Å². The molecule has 2 N–H and O–H groups in total. The van der Waals surface area contributed by atoms with Crippen LogP contribution in [0.25, 0.3) is 0 Å². The van der Waals surface area contributed by atoms with Gasteiger partial charge in [0.05, 0.1) is 11.4 Å². The van der Waals surface area contributed by atoms with Gasteiger partial charge in [0.1, 0.15) is 5.60 Å². The number of carbonyl (C=O) groups is 2. The van der Waals surface area contributed by atoms with Gasteiger partial charge in [0.15, 0.2) is 0 Å². The molecule has 0 aromatic heterocycles. The smallest absolute Gasteiger partial charge is 0.293 e. The number of carbonyl (C=O) groups excluding carboxylic acids is 2. The first-order chi connectivity index (χ1) is 14.5. The lowest BCUT2D eigenvalue weighted by atomic mass is 10.2. The lowest BCUT2D eigenvalue weighted by Crippen LogP contribution is -2.52. The molecule has 1 amide bonds. The van der Waals surface area contributed by atoms with Gasteiger partial charge in [-0.3, -0.25) is 14.5 Å². The minimum atomic E-state index is -3.51. The Labute approximate surface area is 185 Å². The summed E-state index contributed by atoms with van der Waals surface area (Å²) in [6, 6.07) is 5.38. The van der Waals surface area contributed by atoms with Crippen LogP contribution in [0.15, 0.2) is 23.1 Å². The molecule has 2 heterocycles. The molecule has 0 bridgehead atoms. The Balaban J connectivity index is 0.000000423. The summed E-state index contributed by atoms with van der Waals surface area (Å²) in [4.78, 5) is 26.4. The van der Waals surface area contributed by atoms with Crippen molar-refractivity contribution in [1.82, 2.24) is 14.9 Å². The van der Waals surface area contributed by atoms with Crippen LogP contribution in [-0.2, 0) is 30.8 Å². The molecule has 1 saturated heterocycles. The number of fused-ring (bicyclic) bond motifs is 1. The summed E-state index contributed by atoms with van der Waals surface area (Å²) >= 11 is 0. The Kier molecular flexibility index (Phi) is 8.58. The van der Waals surface area contributed by atoms with E-state index in [4.69, 9.17) is 0 Å². The van der Waals surface area contributed by atoms with Crippen molar-refractivity contribution in [2.45, 2.75) is 50.7 Å². The van der Waals surface area contributed by atoms with Crippen molar-refractivity contribution in [3.05, 3.63) is 23.8 Å². The molecule has 1 fully saturated rings. The van der Waals surface area contributed by atoms with E-state index in [0.29, 0.717) is 25.6 Å². The first kappa shape index (κ1) is 25.3. The molecule has 2 aliphatic heterocycles. The van der Waals surface area contributed by atoms with E-state index in [-0.39, 0.29) is 16.4 Å². The molecule has 0 unspecified atom stereocenters. The van der Waals surface area contributed by atoms with Gasteiger partial charge >= 0.3 is 0 Å². The number of hydrogen-bond donors (Lipinski definition) is 2. The number of rotatable bonds is 5. The SMILES string of the molecule is CC(C)(C)OC=O.CNS(=O)(=O)c1ccc2c(c1)N(C(=O)CN1CCN[C@H](C)C1)CC2. The van der Waals surface area contributed by atoms with Crippen LogP contribution >= 0.6 is 0 Å². The molecule has 9 nitrogen and oxygen atoms in total. The van der Waals surface area contributed by atoms with E-state index >= 15 is 0 Å². The van der Waals surface area contributed by atoms with Crippen LogP contribution in [-0.4, -0.2) is 77.1 Å². The molecule has 1 aromatic rings. The fourth-order valence-corrected chi connectivity index (χ4v) is 4.23. The summed E-state index contributed by atoms with van der Waals surface area (Å²) in [6.07, 6.45) is 0.763. The minimum Gasteiger partial charge on any atom is -0.462 e. The molecule has 0 aliphatic carbocycles. The van der Waals surface area contributed by atoms with Crippen molar-refractivity contribution >= 4 is 28.1 Å². The number of ether oxygens (including phenoxy) is 1. The zero-order valence-corrected chi connectivity index (χ0v) is 19.8. The van der Waals surface area contributed by atoms with Crippen LogP contribution in [0.5, 0.6) is 0 Å². The van der Waals surface area contributed by atoms with Gasteiger partial charge in [-0.05, 0) is 58.9 Å². The molecule has 0 saturated carbocycles. The average molecular weight is 455 g/mol. The van der Waals surface area contributed by atoms with Crippen LogP contribution in [0, 0.1) is 0 Å². The zero-order chi connectivity index (χ0) is 23.2. The molecule has 1 atom stereocenters. The quantitative estimate of drug-likeness (QED) is 0.632. The van der Waals surface area contributed by atoms with Crippen LogP contribution in [0.2, 0.25) is 0 Å². The van der Waals surface area contributed by atoms with E-state index in [0.717, 1.165) is 37.3 Å². The number of hydrogen-bond acceptors (Lipinski definition) is 7. The second kappa shape index (κ2) is 10.5. The average Bonchev–Trinajstić information content (AvgIpc) is 3.11. The maximum atomic E-state index is 12.7. The van der Waals surface area contributed by atoms with Gasteiger partial charge in [-0.25, -0.2) is 13.1 Å². The predicted molar refractivity (Wildman–Crippen MR) is 120 cm³/mol. The Morgan fingerprint density at radius 3 is 2.58 bits per heavy atom. The first-order valence-corrected chi connectivity index (χ1v) is 11.9. The van der Waals surface area contributed by atoms with Gasteiger partial charge in [0.2, 0.25) is 15.9 Å². The molecule has 0 spiro atoms. The van der Waals surface area contributed by atoms with Gasteiger partial charge in [-0.15, -0.1) is 0 Å². The zero-order valence-electron chi connectivity index (χ0n) is 19.0. The van der Waals surface area contributed by atoms with Crippen molar-refractivity contribution in [2.24, 2.45) is 0 Å². The maximum Gasteiger partial charge on any atom is 0.293 e. The number of nitrogens with one attached hydrogen (secondary N) is 2. The molecular weight excluding hydrogens is 420 g/mol. The summed E-state index contributed by atoms with van der Waals surface area (Å²) in [5, 5.41) is 3.36. The normalized spacial score (nSPS) is 19.3. The van der Waals surface area contributed by atoms with Crippen molar-refractivity contribution in [2.75, 3.05) is 44.7 Å². The van der Waals surface area contributed by atoms with Gasteiger partial charge in [-0.2, -0.15) is 0 Å². The second-order valence-electron chi connectivity index (χ2n) is 8.71. The topological polar surface area (TPSA) is 108 Å². The number of nitrogens with zero attached hydrogens (tertiary/aromatic N) is 2. The monoisotopic (exact) mass is 454 g/mol. The second-order valence-corrected chi connectivity index (χ2v) is 10.6. The molecule has 3 rings (SSSR count). The van der Waals surface area contributed by atoms with E-state index in [9.17, 15) is 18.0 Å². The summed E-state index contributed by atoms with van der Waals surface area (Å²) in [7, 11) is -2.12. The van der Waals surface area contributed by atoms with Crippen molar-refractivity contribution < 1.29 is 22.7 Å². The maximum absolute atomic E-state index is 12.7. The largest absolute Gasteiger partial charge is 0.462 e. The molecule has 174 valence electrons. The summed E-state index contributed by atoms with van der Waals surface area (Å²) in [6.45, 7) is 11.6. The third-order valence-corrected chi connectivity index (χ3v) is 6.46. The van der Waals surface area contributed by atoms with Gasteiger partial charge in [0.25, 0.3) is 6.47 Å². The highest BCUT2D eigenvalue weighted by atomic mass is 32.2. The van der Waals surface area contributed by atoms with Gasteiger partial charge in [-0.1, -0.05) is 6.07 Å². The fourth-order valence-electron chi connectivity index (χ4n) is 3.48. The van der Waals surface area contributed by atoms with Crippen molar-refractivity contribution in [3.8, 4) is 0 Å². The summed E-state index contributed by atoms with van der Waals surface area (Å²) in [5.74, 6) is 0.0295. The van der Waals surface area contributed by atoms with E-state index in [1.807, 2.05) is 20.8 Å². The molecular formula is C21H34N4O5S. The number of piperazine rings is 1. The summed E-state index contributed by atoms with van der Waals surface area (Å²) < 4.78 is 30.9. The van der Waals surface area contributed by atoms with Crippen molar-refractivity contribution in [1.29, 1.82) is 0 Å². The Hall–Kier alpha value is -2.01. The van der Waals surface area contributed by atoms with Crippen LogP contribution in [0.4, 0.5) is 5.69 Å². The van der Waals surface area contributed by atoms with Gasteiger partial charge in [0, 0.05) is 37.9 Å². The van der Waals surface area contributed by atoms with E-state index < -0.39 is 10.0 Å². The molecule has 31 heavy (non-hydrogen) atoms. The fraction of sp³-hybridized carbons (Fsp3) is 0.619. The number of amides is 1. The predicted octanol–water partition coefficient (Wildman–Crippen LogP) is 0.735. The highest BCUT2D eigenvalue weighted by molar-refractivity contribution is 7.89.